The molecular weight excluding hydrogens is 192 g/mol. The standard InChI is InChI=1S/C11H12N2O2/c1-7(2)11(14)9(5-12)4-10-13-8(3)6-15-10/h4,6-7H,1-3H3/b9-4+. The van der Waals surface area contributed by atoms with Crippen LogP contribution in [0, 0.1) is 24.2 Å². The lowest BCUT2D eigenvalue weighted by atomic mass is 10.0. The fraction of sp³-hybridized carbons (Fsp3) is 0.364. The number of hydrogen-bond donors (Lipinski definition) is 0. The van der Waals surface area contributed by atoms with Gasteiger partial charge in [0.25, 0.3) is 0 Å². The van der Waals surface area contributed by atoms with Gasteiger partial charge in [-0.3, -0.25) is 4.79 Å². The molecule has 0 saturated heterocycles. The Morgan fingerprint density at radius 1 is 1.67 bits per heavy atom. The number of hydrogen-bond acceptors (Lipinski definition) is 4. The van der Waals surface area contributed by atoms with Gasteiger partial charge in [-0.25, -0.2) is 4.98 Å². The van der Waals surface area contributed by atoms with E-state index in [1.807, 2.05) is 6.07 Å². The average Bonchev–Trinajstić information content (AvgIpc) is 2.59. The maximum absolute atomic E-state index is 11.5. The van der Waals surface area contributed by atoms with E-state index >= 15 is 0 Å². The van der Waals surface area contributed by atoms with Crippen molar-refractivity contribution in [3.63, 3.8) is 0 Å². The number of nitrogens with zero attached hydrogens (tertiary/aromatic N) is 2. The number of carbonyl (C=O) groups is 1. The van der Waals surface area contributed by atoms with Gasteiger partial charge in [-0.15, -0.1) is 0 Å². The fourth-order valence-electron chi connectivity index (χ4n) is 1.03. The molecule has 0 aliphatic heterocycles. The molecule has 0 amide bonds. The molecule has 0 unspecified atom stereocenters. The zero-order chi connectivity index (χ0) is 11.4. The van der Waals surface area contributed by atoms with Crippen molar-refractivity contribution in [2.75, 3.05) is 0 Å². The van der Waals surface area contributed by atoms with E-state index in [-0.39, 0.29) is 23.2 Å². The van der Waals surface area contributed by atoms with Crippen LogP contribution in [0.2, 0.25) is 0 Å². The first-order valence-electron chi connectivity index (χ1n) is 4.62. The number of ketones is 1. The summed E-state index contributed by atoms with van der Waals surface area (Å²) in [5, 5.41) is 8.80. The van der Waals surface area contributed by atoms with Crippen LogP contribution in [0.5, 0.6) is 0 Å². The van der Waals surface area contributed by atoms with E-state index in [2.05, 4.69) is 4.98 Å². The van der Waals surface area contributed by atoms with Crippen molar-refractivity contribution in [2.24, 2.45) is 5.92 Å². The second-order valence-corrected chi connectivity index (χ2v) is 3.52. The van der Waals surface area contributed by atoms with Gasteiger partial charge in [-0.05, 0) is 6.92 Å². The highest BCUT2D eigenvalue weighted by molar-refractivity contribution is 6.03. The first kappa shape index (κ1) is 11.2. The Hall–Kier alpha value is -1.89. The van der Waals surface area contributed by atoms with Gasteiger partial charge >= 0.3 is 0 Å². The minimum Gasteiger partial charge on any atom is -0.445 e. The number of oxazole rings is 1. The highest BCUT2D eigenvalue weighted by atomic mass is 16.3. The summed E-state index contributed by atoms with van der Waals surface area (Å²) in [4.78, 5) is 15.5. The van der Waals surface area contributed by atoms with E-state index in [1.54, 1.807) is 20.8 Å². The molecule has 0 fully saturated rings. The second kappa shape index (κ2) is 4.56. The fourth-order valence-corrected chi connectivity index (χ4v) is 1.03. The van der Waals surface area contributed by atoms with Crippen molar-refractivity contribution in [2.45, 2.75) is 20.8 Å². The van der Waals surface area contributed by atoms with Gasteiger partial charge in [0.1, 0.15) is 17.9 Å². The highest BCUT2D eigenvalue weighted by Crippen LogP contribution is 2.10. The Labute approximate surface area is 88.2 Å². The molecule has 1 rings (SSSR count). The van der Waals surface area contributed by atoms with Crippen LogP contribution in [-0.4, -0.2) is 10.8 Å². The number of allylic oxidation sites excluding steroid dienone is 1. The monoisotopic (exact) mass is 204 g/mol. The topological polar surface area (TPSA) is 66.9 Å². The van der Waals surface area contributed by atoms with Crippen molar-refractivity contribution in [3.05, 3.63) is 23.4 Å². The normalized spacial score (nSPS) is 11.5. The van der Waals surface area contributed by atoms with Crippen LogP contribution in [-0.2, 0) is 4.79 Å². The maximum Gasteiger partial charge on any atom is 0.220 e. The van der Waals surface area contributed by atoms with E-state index in [0.717, 1.165) is 5.69 Å². The van der Waals surface area contributed by atoms with Crippen molar-refractivity contribution < 1.29 is 9.21 Å². The van der Waals surface area contributed by atoms with Crippen LogP contribution in [0.4, 0.5) is 0 Å². The molecule has 4 nitrogen and oxygen atoms in total. The van der Waals surface area contributed by atoms with E-state index in [9.17, 15) is 4.79 Å². The third kappa shape index (κ3) is 2.78. The molecule has 1 heterocycles. The summed E-state index contributed by atoms with van der Waals surface area (Å²) in [6, 6.07) is 1.85. The third-order valence-corrected chi connectivity index (χ3v) is 1.81. The molecule has 0 bridgehead atoms. The Kier molecular flexibility index (Phi) is 3.40. The van der Waals surface area contributed by atoms with Crippen LogP contribution in [0.15, 0.2) is 16.3 Å². The van der Waals surface area contributed by atoms with Gasteiger partial charge in [0.2, 0.25) is 5.89 Å². The van der Waals surface area contributed by atoms with Crippen LogP contribution in [0.25, 0.3) is 6.08 Å². The SMILES string of the molecule is Cc1coc(/C=C(\C#N)C(=O)C(C)C)n1. The second-order valence-electron chi connectivity index (χ2n) is 3.52. The van der Waals surface area contributed by atoms with Gasteiger partial charge in [0.15, 0.2) is 5.78 Å². The van der Waals surface area contributed by atoms with Crippen LogP contribution < -0.4 is 0 Å². The smallest absolute Gasteiger partial charge is 0.220 e. The zero-order valence-corrected chi connectivity index (χ0v) is 8.94. The Morgan fingerprint density at radius 3 is 2.73 bits per heavy atom. The van der Waals surface area contributed by atoms with Crippen molar-refractivity contribution in [3.8, 4) is 6.07 Å². The first-order chi connectivity index (χ1) is 7.04. The van der Waals surface area contributed by atoms with Gasteiger partial charge in [0.05, 0.1) is 5.69 Å². The molecule has 0 radical (unpaired) electrons. The molecule has 15 heavy (non-hydrogen) atoms. The molecule has 0 aliphatic carbocycles. The number of aryl methyl sites for hydroxylation is 1. The van der Waals surface area contributed by atoms with Gasteiger partial charge < -0.3 is 4.42 Å². The van der Waals surface area contributed by atoms with Crippen LogP contribution in [0.1, 0.15) is 25.4 Å². The molecule has 0 N–H and O–H groups in total. The maximum atomic E-state index is 11.5. The molecule has 78 valence electrons. The van der Waals surface area contributed by atoms with Crippen LogP contribution in [0.3, 0.4) is 0 Å². The molecule has 0 aromatic carbocycles. The highest BCUT2D eigenvalue weighted by Gasteiger charge is 2.14. The van der Waals surface area contributed by atoms with Crippen molar-refractivity contribution in [1.82, 2.24) is 4.98 Å². The number of Topliss-reactive ketones (excluding diaryl/α,β-unsaturated/α-hetero) is 1. The Morgan fingerprint density at radius 2 is 2.33 bits per heavy atom. The minimum absolute atomic E-state index is 0.0758. The lowest BCUT2D eigenvalue weighted by Crippen LogP contribution is -2.08. The van der Waals surface area contributed by atoms with E-state index in [0.29, 0.717) is 0 Å². The summed E-state index contributed by atoms with van der Waals surface area (Å²) in [5.74, 6) is -0.113. The van der Waals surface area contributed by atoms with Crippen LogP contribution >= 0.6 is 0 Å². The summed E-state index contributed by atoms with van der Waals surface area (Å²) in [5.41, 5.74) is 0.794. The van der Waals surface area contributed by atoms with Crippen molar-refractivity contribution in [1.29, 1.82) is 5.26 Å². The summed E-state index contributed by atoms with van der Waals surface area (Å²) >= 11 is 0. The Bertz CT molecular complexity index is 436. The van der Waals surface area contributed by atoms with E-state index in [4.69, 9.17) is 9.68 Å². The molecule has 0 aliphatic rings. The largest absolute Gasteiger partial charge is 0.445 e. The predicted octanol–water partition coefficient (Wildman–Crippen LogP) is 2.12. The first-order valence-corrected chi connectivity index (χ1v) is 4.62. The number of nitriles is 1. The molecule has 0 spiro atoms. The van der Waals surface area contributed by atoms with Gasteiger partial charge in [0, 0.05) is 12.0 Å². The summed E-state index contributed by atoms with van der Waals surface area (Å²) < 4.78 is 5.04. The molecule has 1 aromatic rings. The lowest BCUT2D eigenvalue weighted by molar-refractivity contribution is -0.117. The lowest BCUT2D eigenvalue weighted by Gasteiger charge is -1.99. The molecule has 0 atom stereocenters. The summed E-state index contributed by atoms with van der Waals surface area (Å²) in [6.07, 6.45) is 2.84. The van der Waals surface area contributed by atoms with Crippen molar-refractivity contribution >= 4 is 11.9 Å². The minimum atomic E-state index is -0.202. The molecular formula is C11H12N2O2. The number of aromatic nitrogens is 1. The van der Waals surface area contributed by atoms with Gasteiger partial charge in [-0.1, -0.05) is 13.8 Å². The average molecular weight is 204 g/mol. The zero-order valence-electron chi connectivity index (χ0n) is 8.94. The van der Waals surface area contributed by atoms with E-state index < -0.39 is 0 Å². The van der Waals surface area contributed by atoms with E-state index in [1.165, 1.54) is 12.3 Å². The Balaban J connectivity index is 2.99. The summed E-state index contributed by atoms with van der Waals surface area (Å²) in [7, 11) is 0. The number of rotatable bonds is 3. The predicted molar refractivity (Wildman–Crippen MR) is 54.7 cm³/mol. The quantitative estimate of drug-likeness (QED) is 0.558. The summed E-state index contributed by atoms with van der Waals surface area (Å²) in [6.45, 7) is 5.26. The molecule has 4 heteroatoms. The molecule has 0 saturated carbocycles. The number of carbonyl (C=O) groups excluding carboxylic acids is 1. The van der Waals surface area contributed by atoms with Gasteiger partial charge in [-0.2, -0.15) is 5.26 Å². The molecule has 1 aromatic heterocycles. The third-order valence-electron chi connectivity index (χ3n) is 1.81.